The first-order chi connectivity index (χ1) is 12.9. The quantitative estimate of drug-likeness (QED) is 0.763. The molecule has 1 amide bonds. The number of piperazine rings is 1. The summed E-state index contributed by atoms with van der Waals surface area (Å²) in [7, 11) is 0. The fraction of sp³-hybridized carbons (Fsp3) is 0.368. The number of rotatable bonds is 5. The minimum absolute atomic E-state index is 0.111. The lowest BCUT2D eigenvalue weighted by Gasteiger charge is -2.37. The highest BCUT2D eigenvalue weighted by molar-refractivity contribution is 6.32. The van der Waals surface area contributed by atoms with E-state index >= 15 is 0 Å². The zero-order valence-electron chi connectivity index (χ0n) is 15.0. The molecule has 1 aromatic heterocycles. The first-order valence-corrected chi connectivity index (χ1v) is 9.51. The molecule has 0 saturated carbocycles. The predicted molar refractivity (Wildman–Crippen MR) is 106 cm³/mol. The number of benzene rings is 1. The molecule has 3 rings (SSSR count). The zero-order valence-corrected chi connectivity index (χ0v) is 16.5. The highest BCUT2D eigenvalue weighted by atomic mass is 35.5. The summed E-state index contributed by atoms with van der Waals surface area (Å²) in [6.07, 6.45) is 1.58. The van der Waals surface area contributed by atoms with E-state index in [1.54, 1.807) is 24.4 Å². The SMILES string of the molecule is CC(C(=O)Nc1cccnc1Cl)N1CCN(Cc2ccc(F)cc2Cl)CC1. The molecule has 0 spiro atoms. The molecule has 1 saturated heterocycles. The van der Waals surface area contributed by atoms with Crippen molar-refractivity contribution in [1.82, 2.24) is 14.8 Å². The Hall–Kier alpha value is -1.73. The average Bonchev–Trinajstić information content (AvgIpc) is 2.66. The maximum atomic E-state index is 13.2. The summed E-state index contributed by atoms with van der Waals surface area (Å²) in [6.45, 7) is 5.67. The van der Waals surface area contributed by atoms with Crippen molar-refractivity contribution in [3.05, 3.63) is 58.1 Å². The zero-order chi connectivity index (χ0) is 19.4. The summed E-state index contributed by atoms with van der Waals surface area (Å²) in [5, 5.41) is 3.55. The van der Waals surface area contributed by atoms with E-state index in [9.17, 15) is 9.18 Å². The molecular formula is C19H21Cl2FN4O. The van der Waals surface area contributed by atoms with Crippen LogP contribution in [0.4, 0.5) is 10.1 Å². The first-order valence-electron chi connectivity index (χ1n) is 8.76. The third-order valence-electron chi connectivity index (χ3n) is 4.76. The van der Waals surface area contributed by atoms with Gasteiger partial charge in [-0.1, -0.05) is 29.3 Å². The predicted octanol–water partition coefficient (Wildman–Crippen LogP) is 3.67. The maximum Gasteiger partial charge on any atom is 0.241 e. The smallest absolute Gasteiger partial charge is 0.241 e. The number of carbonyl (C=O) groups is 1. The van der Waals surface area contributed by atoms with Gasteiger partial charge in [-0.25, -0.2) is 9.37 Å². The van der Waals surface area contributed by atoms with Crippen molar-refractivity contribution < 1.29 is 9.18 Å². The Labute approximate surface area is 168 Å². The van der Waals surface area contributed by atoms with Gasteiger partial charge in [-0.3, -0.25) is 14.6 Å². The molecule has 1 N–H and O–H groups in total. The molecule has 2 aromatic rings. The molecule has 0 aliphatic carbocycles. The van der Waals surface area contributed by atoms with Crippen molar-refractivity contribution in [3.8, 4) is 0 Å². The normalized spacial score (nSPS) is 16.9. The first kappa shape index (κ1) is 20.0. The largest absolute Gasteiger partial charge is 0.322 e. The lowest BCUT2D eigenvalue weighted by Crippen LogP contribution is -2.52. The molecule has 1 aromatic carbocycles. The number of hydrogen-bond donors (Lipinski definition) is 1. The number of hydrogen-bond acceptors (Lipinski definition) is 4. The van der Waals surface area contributed by atoms with Crippen LogP contribution in [0, 0.1) is 5.82 Å². The van der Waals surface area contributed by atoms with Gasteiger partial charge in [0.25, 0.3) is 0 Å². The van der Waals surface area contributed by atoms with Crippen LogP contribution in [0.5, 0.6) is 0 Å². The second-order valence-corrected chi connectivity index (χ2v) is 7.32. The highest BCUT2D eigenvalue weighted by Gasteiger charge is 2.26. The molecule has 27 heavy (non-hydrogen) atoms. The number of pyridine rings is 1. The summed E-state index contributed by atoms with van der Waals surface area (Å²) in [5.41, 5.74) is 1.42. The van der Waals surface area contributed by atoms with E-state index in [2.05, 4.69) is 20.1 Å². The van der Waals surface area contributed by atoms with Gasteiger partial charge in [-0.2, -0.15) is 0 Å². The summed E-state index contributed by atoms with van der Waals surface area (Å²) < 4.78 is 13.2. The fourth-order valence-electron chi connectivity index (χ4n) is 3.08. The number of nitrogens with zero attached hydrogens (tertiary/aromatic N) is 3. The number of nitrogens with one attached hydrogen (secondary N) is 1. The van der Waals surface area contributed by atoms with E-state index < -0.39 is 0 Å². The Kier molecular flexibility index (Phi) is 6.65. The van der Waals surface area contributed by atoms with Crippen molar-refractivity contribution in [2.75, 3.05) is 31.5 Å². The topological polar surface area (TPSA) is 48.5 Å². The van der Waals surface area contributed by atoms with Gasteiger partial charge in [0.05, 0.1) is 11.7 Å². The van der Waals surface area contributed by atoms with Crippen LogP contribution in [-0.2, 0) is 11.3 Å². The van der Waals surface area contributed by atoms with Crippen LogP contribution in [0.15, 0.2) is 36.5 Å². The van der Waals surface area contributed by atoms with E-state index in [0.29, 0.717) is 17.3 Å². The molecule has 1 fully saturated rings. The third-order valence-corrected chi connectivity index (χ3v) is 5.41. The summed E-state index contributed by atoms with van der Waals surface area (Å²) >= 11 is 12.1. The van der Waals surface area contributed by atoms with Crippen LogP contribution >= 0.6 is 23.2 Å². The van der Waals surface area contributed by atoms with Gasteiger partial charge in [0.15, 0.2) is 5.15 Å². The molecule has 0 bridgehead atoms. The lowest BCUT2D eigenvalue weighted by atomic mass is 10.1. The number of carbonyl (C=O) groups excluding carboxylic acids is 1. The standard InChI is InChI=1S/C19H21Cl2FN4O/c1-13(19(27)24-17-3-2-6-23-18(17)21)26-9-7-25(8-10-26)12-14-4-5-15(22)11-16(14)20/h2-6,11,13H,7-10,12H2,1H3,(H,24,27). The number of aromatic nitrogens is 1. The van der Waals surface area contributed by atoms with Crippen LogP contribution in [0.1, 0.15) is 12.5 Å². The van der Waals surface area contributed by atoms with E-state index in [0.717, 1.165) is 31.7 Å². The minimum Gasteiger partial charge on any atom is -0.322 e. The van der Waals surface area contributed by atoms with Gasteiger partial charge >= 0.3 is 0 Å². The molecule has 5 nitrogen and oxygen atoms in total. The number of anilines is 1. The summed E-state index contributed by atoms with van der Waals surface area (Å²) in [4.78, 5) is 20.8. The van der Waals surface area contributed by atoms with Gasteiger partial charge in [0.1, 0.15) is 5.82 Å². The molecule has 1 aliphatic heterocycles. The van der Waals surface area contributed by atoms with Gasteiger partial charge in [-0.15, -0.1) is 0 Å². The second kappa shape index (κ2) is 8.97. The molecule has 144 valence electrons. The van der Waals surface area contributed by atoms with Crippen molar-refractivity contribution in [2.24, 2.45) is 0 Å². The van der Waals surface area contributed by atoms with Gasteiger partial charge < -0.3 is 5.32 Å². The van der Waals surface area contributed by atoms with Crippen molar-refractivity contribution in [3.63, 3.8) is 0 Å². The van der Waals surface area contributed by atoms with Crippen molar-refractivity contribution in [2.45, 2.75) is 19.5 Å². The Morgan fingerprint density at radius 1 is 1.26 bits per heavy atom. The molecular weight excluding hydrogens is 390 g/mol. The van der Waals surface area contributed by atoms with Gasteiger partial charge in [0.2, 0.25) is 5.91 Å². The summed E-state index contributed by atoms with van der Waals surface area (Å²) in [6, 6.07) is 7.65. The Morgan fingerprint density at radius 2 is 2.00 bits per heavy atom. The number of halogens is 3. The summed E-state index contributed by atoms with van der Waals surface area (Å²) in [5.74, 6) is -0.443. The fourth-order valence-corrected chi connectivity index (χ4v) is 3.48. The van der Waals surface area contributed by atoms with Crippen LogP contribution in [0.3, 0.4) is 0 Å². The minimum atomic E-state index is -0.331. The van der Waals surface area contributed by atoms with Crippen LogP contribution < -0.4 is 5.32 Å². The van der Waals surface area contributed by atoms with E-state index in [1.165, 1.54) is 12.1 Å². The Bertz CT molecular complexity index is 812. The molecule has 2 heterocycles. The monoisotopic (exact) mass is 410 g/mol. The number of amides is 1. The third kappa shape index (κ3) is 5.17. The van der Waals surface area contributed by atoms with Crippen LogP contribution in [0.25, 0.3) is 0 Å². The van der Waals surface area contributed by atoms with Crippen molar-refractivity contribution >= 4 is 34.8 Å². The Balaban J connectivity index is 1.52. The molecule has 8 heteroatoms. The van der Waals surface area contributed by atoms with Gasteiger partial charge in [0, 0.05) is 43.9 Å². The Morgan fingerprint density at radius 3 is 2.67 bits per heavy atom. The average molecular weight is 411 g/mol. The molecule has 0 radical (unpaired) electrons. The van der Waals surface area contributed by atoms with Crippen LogP contribution in [0.2, 0.25) is 10.2 Å². The maximum absolute atomic E-state index is 13.2. The van der Waals surface area contributed by atoms with Crippen LogP contribution in [-0.4, -0.2) is 52.9 Å². The van der Waals surface area contributed by atoms with Crippen molar-refractivity contribution in [1.29, 1.82) is 0 Å². The molecule has 1 unspecified atom stereocenters. The highest BCUT2D eigenvalue weighted by Crippen LogP contribution is 2.21. The molecule has 1 atom stereocenters. The van der Waals surface area contributed by atoms with Gasteiger partial charge in [-0.05, 0) is 36.8 Å². The van der Waals surface area contributed by atoms with E-state index in [4.69, 9.17) is 23.2 Å². The lowest BCUT2D eigenvalue weighted by molar-refractivity contribution is -0.121. The van der Waals surface area contributed by atoms with E-state index in [1.807, 2.05) is 6.92 Å². The molecule has 1 aliphatic rings. The van der Waals surface area contributed by atoms with E-state index in [-0.39, 0.29) is 22.9 Å². The second-order valence-electron chi connectivity index (χ2n) is 6.55.